The van der Waals surface area contributed by atoms with Gasteiger partial charge in [0.1, 0.15) is 24.1 Å². The number of fused-ring (bicyclic) bond motifs is 4. The lowest BCUT2D eigenvalue weighted by Crippen LogP contribution is -2.45. The Morgan fingerprint density at radius 1 is 1.16 bits per heavy atom. The van der Waals surface area contributed by atoms with Crippen LogP contribution < -0.4 is 0 Å². The average molecular weight is 442 g/mol. The Balaban J connectivity index is 1.60. The van der Waals surface area contributed by atoms with Crippen LogP contribution in [-0.2, 0) is 23.8 Å². The molecule has 5 rings (SSSR count). The normalized spacial score (nSPS) is 33.9. The van der Waals surface area contributed by atoms with Crippen LogP contribution in [0.25, 0.3) is 0 Å². The SMILES string of the molecule is CCC1OC2CC(=O)OC2c2cc3c(c(O)c21)C(=O)C(C1CC(O)C(=O)C(C)O1)=CC3=O. The summed E-state index contributed by atoms with van der Waals surface area (Å²) in [6.45, 7) is 3.32. The van der Waals surface area contributed by atoms with Gasteiger partial charge in [0.2, 0.25) is 0 Å². The highest BCUT2D eigenvalue weighted by Crippen LogP contribution is 2.50. The molecule has 2 saturated heterocycles. The van der Waals surface area contributed by atoms with Gasteiger partial charge < -0.3 is 24.4 Å². The smallest absolute Gasteiger partial charge is 0.309 e. The van der Waals surface area contributed by atoms with Crippen molar-refractivity contribution in [3.63, 3.8) is 0 Å². The number of benzene rings is 1. The monoisotopic (exact) mass is 442 g/mol. The molecule has 1 aromatic carbocycles. The average Bonchev–Trinajstić information content (AvgIpc) is 3.13. The summed E-state index contributed by atoms with van der Waals surface area (Å²) in [5.41, 5.74) is 0.619. The van der Waals surface area contributed by atoms with E-state index >= 15 is 0 Å². The van der Waals surface area contributed by atoms with Gasteiger partial charge in [0.25, 0.3) is 0 Å². The van der Waals surface area contributed by atoms with E-state index in [0.717, 1.165) is 6.08 Å². The van der Waals surface area contributed by atoms with Gasteiger partial charge in [0.05, 0.1) is 24.2 Å². The number of hydrogen-bond acceptors (Lipinski definition) is 9. The Labute approximate surface area is 182 Å². The van der Waals surface area contributed by atoms with Gasteiger partial charge >= 0.3 is 5.97 Å². The fourth-order valence-corrected chi connectivity index (χ4v) is 5.03. The molecule has 0 saturated carbocycles. The van der Waals surface area contributed by atoms with Crippen LogP contribution in [0.5, 0.6) is 5.75 Å². The molecule has 0 amide bonds. The number of aromatic hydroxyl groups is 1. The number of Topliss-reactive ketones (excluding diaryl/α,β-unsaturated/α-hetero) is 2. The first-order valence-electron chi connectivity index (χ1n) is 10.6. The molecular formula is C23H22O9. The number of ether oxygens (including phenoxy) is 3. The highest BCUT2D eigenvalue weighted by atomic mass is 16.6. The number of carbonyl (C=O) groups is 4. The molecule has 6 unspecified atom stereocenters. The molecule has 0 bridgehead atoms. The molecule has 3 aliphatic heterocycles. The van der Waals surface area contributed by atoms with Crippen molar-refractivity contribution in [2.24, 2.45) is 0 Å². The summed E-state index contributed by atoms with van der Waals surface area (Å²) >= 11 is 0. The van der Waals surface area contributed by atoms with Gasteiger partial charge in [-0.3, -0.25) is 19.2 Å². The fourth-order valence-electron chi connectivity index (χ4n) is 5.03. The van der Waals surface area contributed by atoms with Crippen molar-refractivity contribution < 1.29 is 43.6 Å². The van der Waals surface area contributed by atoms with Crippen molar-refractivity contribution in [3.8, 4) is 5.75 Å². The van der Waals surface area contributed by atoms with E-state index in [1.807, 2.05) is 6.92 Å². The van der Waals surface area contributed by atoms with Gasteiger partial charge in [-0.15, -0.1) is 0 Å². The van der Waals surface area contributed by atoms with Gasteiger partial charge in [0.15, 0.2) is 23.5 Å². The van der Waals surface area contributed by atoms with Crippen LogP contribution in [0.1, 0.15) is 77.2 Å². The van der Waals surface area contributed by atoms with E-state index in [0.29, 0.717) is 17.5 Å². The first-order chi connectivity index (χ1) is 15.2. The van der Waals surface area contributed by atoms with Crippen molar-refractivity contribution >= 4 is 23.3 Å². The number of rotatable bonds is 2. The topological polar surface area (TPSA) is 136 Å². The second-order valence-electron chi connectivity index (χ2n) is 8.55. The molecule has 2 fully saturated rings. The van der Waals surface area contributed by atoms with E-state index in [9.17, 15) is 29.4 Å². The third-order valence-electron chi connectivity index (χ3n) is 6.60. The second-order valence-corrected chi connectivity index (χ2v) is 8.55. The number of ketones is 3. The maximum absolute atomic E-state index is 13.4. The fraction of sp³-hybridized carbons (Fsp3) is 0.478. The molecule has 4 aliphatic rings. The van der Waals surface area contributed by atoms with Gasteiger partial charge in [-0.1, -0.05) is 6.92 Å². The molecule has 0 aromatic heterocycles. The van der Waals surface area contributed by atoms with E-state index < -0.39 is 59.9 Å². The summed E-state index contributed by atoms with van der Waals surface area (Å²) in [7, 11) is 0. The Kier molecular flexibility index (Phi) is 4.81. The minimum Gasteiger partial charge on any atom is -0.507 e. The van der Waals surface area contributed by atoms with E-state index in [-0.39, 0.29) is 35.3 Å². The van der Waals surface area contributed by atoms with Crippen LogP contribution in [0, 0.1) is 0 Å². The molecule has 1 aromatic rings. The van der Waals surface area contributed by atoms with Crippen LogP contribution in [0.4, 0.5) is 0 Å². The van der Waals surface area contributed by atoms with Crippen molar-refractivity contribution in [3.05, 3.63) is 40.0 Å². The maximum atomic E-state index is 13.4. The summed E-state index contributed by atoms with van der Waals surface area (Å²) in [6, 6.07) is 1.50. The molecule has 32 heavy (non-hydrogen) atoms. The molecule has 1 aliphatic carbocycles. The lowest BCUT2D eigenvalue weighted by molar-refractivity contribution is -0.151. The molecule has 3 heterocycles. The predicted octanol–water partition coefficient (Wildman–Crippen LogP) is 1.64. The summed E-state index contributed by atoms with van der Waals surface area (Å²) in [5.74, 6) is -2.43. The van der Waals surface area contributed by atoms with Gasteiger partial charge in [-0.05, 0) is 25.5 Å². The van der Waals surface area contributed by atoms with Crippen molar-refractivity contribution in [2.75, 3.05) is 0 Å². The van der Waals surface area contributed by atoms with E-state index in [2.05, 4.69) is 0 Å². The molecule has 2 N–H and O–H groups in total. The van der Waals surface area contributed by atoms with Crippen molar-refractivity contribution in [2.45, 2.75) is 69.7 Å². The van der Waals surface area contributed by atoms with Gasteiger partial charge in [-0.25, -0.2) is 0 Å². The van der Waals surface area contributed by atoms with Gasteiger partial charge in [0, 0.05) is 28.7 Å². The van der Waals surface area contributed by atoms with Crippen molar-refractivity contribution in [1.82, 2.24) is 0 Å². The molecular weight excluding hydrogens is 420 g/mol. The lowest BCUT2D eigenvalue weighted by Gasteiger charge is -2.35. The number of aliphatic hydroxyl groups excluding tert-OH is 1. The van der Waals surface area contributed by atoms with Crippen molar-refractivity contribution in [1.29, 1.82) is 0 Å². The second kappa shape index (κ2) is 7.33. The van der Waals surface area contributed by atoms with Crippen LogP contribution >= 0.6 is 0 Å². The van der Waals surface area contributed by atoms with Crippen LogP contribution in [-0.4, -0.2) is 57.9 Å². The largest absolute Gasteiger partial charge is 0.507 e. The maximum Gasteiger partial charge on any atom is 0.309 e. The van der Waals surface area contributed by atoms with Gasteiger partial charge in [-0.2, -0.15) is 0 Å². The number of phenols is 1. The Hall–Kier alpha value is -2.88. The third kappa shape index (κ3) is 2.96. The quantitative estimate of drug-likeness (QED) is 0.655. The summed E-state index contributed by atoms with van der Waals surface area (Å²) < 4.78 is 16.9. The first-order valence-corrected chi connectivity index (χ1v) is 10.6. The molecule has 0 radical (unpaired) electrons. The van der Waals surface area contributed by atoms with E-state index in [1.165, 1.54) is 13.0 Å². The lowest BCUT2D eigenvalue weighted by atomic mass is 9.79. The minimum atomic E-state index is -1.31. The summed E-state index contributed by atoms with van der Waals surface area (Å²) in [5, 5.41) is 21.2. The molecule has 168 valence electrons. The number of phenolic OH excluding ortho intramolecular Hbond substituents is 1. The first kappa shape index (κ1) is 21.0. The zero-order valence-electron chi connectivity index (χ0n) is 17.5. The zero-order valence-corrected chi connectivity index (χ0v) is 17.5. The molecule has 6 atom stereocenters. The molecule has 9 heteroatoms. The highest BCUT2D eigenvalue weighted by molar-refractivity contribution is 6.26. The number of carbonyl (C=O) groups excluding carboxylic acids is 4. The number of hydrogen-bond donors (Lipinski definition) is 2. The van der Waals surface area contributed by atoms with E-state index in [4.69, 9.17) is 14.2 Å². The third-order valence-corrected chi connectivity index (χ3v) is 6.60. The zero-order chi connectivity index (χ0) is 22.9. The summed E-state index contributed by atoms with van der Waals surface area (Å²) in [4.78, 5) is 50.1. The van der Waals surface area contributed by atoms with Crippen LogP contribution in [0.3, 0.4) is 0 Å². The highest BCUT2D eigenvalue weighted by Gasteiger charge is 2.47. The van der Waals surface area contributed by atoms with Crippen LogP contribution in [0.15, 0.2) is 17.7 Å². The Bertz CT molecular complexity index is 1090. The number of aliphatic hydroxyl groups is 1. The molecule has 0 spiro atoms. The number of esters is 1. The number of allylic oxidation sites excluding steroid dienone is 1. The standard InChI is InChI=1S/C23H22O9/c1-3-14-18-11(23-16(31-14)7-17(26)32-23)4-9-12(24)5-10(21(28)19(9)22(18)29)15-6-13(25)20(27)8(2)30-15/h4-5,8,13-16,23,25,29H,3,6-7H2,1-2H3. The Morgan fingerprint density at radius 3 is 2.59 bits per heavy atom. The van der Waals surface area contributed by atoms with E-state index in [1.54, 1.807) is 0 Å². The summed E-state index contributed by atoms with van der Waals surface area (Å²) in [6.07, 6.45) is -3.53. The molecule has 9 nitrogen and oxygen atoms in total. The Morgan fingerprint density at radius 2 is 1.91 bits per heavy atom. The minimum absolute atomic E-state index is 0.00827. The van der Waals surface area contributed by atoms with Crippen LogP contribution in [0.2, 0.25) is 0 Å². The predicted molar refractivity (Wildman–Crippen MR) is 106 cm³/mol.